The smallest absolute Gasteiger partial charge is 0.255 e. The van der Waals surface area contributed by atoms with Crippen LogP contribution in [-0.4, -0.2) is 31.5 Å². The Morgan fingerprint density at radius 1 is 1.12 bits per heavy atom. The zero-order chi connectivity index (χ0) is 17.2. The molecule has 0 fully saturated rings. The molecule has 0 atom stereocenters. The summed E-state index contributed by atoms with van der Waals surface area (Å²) in [6.45, 7) is 2.17. The monoisotopic (exact) mass is 334 g/mol. The molecule has 4 rings (SSSR count). The summed E-state index contributed by atoms with van der Waals surface area (Å²) >= 11 is 0. The molecule has 3 aromatic rings. The van der Waals surface area contributed by atoms with Crippen LogP contribution in [0.1, 0.15) is 16.8 Å². The lowest BCUT2D eigenvalue weighted by molar-refractivity contribution is 0.242. The molecule has 1 aliphatic rings. The first-order valence-electron chi connectivity index (χ1n) is 8.22. The Bertz CT molecular complexity index is 936. The average Bonchev–Trinajstić information content (AvgIpc) is 2.65. The Kier molecular flexibility index (Phi) is 4.03. The second kappa shape index (κ2) is 6.49. The van der Waals surface area contributed by atoms with Crippen molar-refractivity contribution in [1.82, 2.24) is 19.9 Å². The van der Waals surface area contributed by atoms with Gasteiger partial charge < -0.3 is 10.1 Å². The van der Waals surface area contributed by atoms with Gasteiger partial charge in [-0.3, -0.25) is 14.7 Å². The first kappa shape index (κ1) is 15.5. The lowest BCUT2D eigenvalue weighted by Crippen LogP contribution is -2.35. The second-order valence-electron chi connectivity index (χ2n) is 6.20. The molecule has 0 spiro atoms. The number of aromatic hydroxyl groups is 1. The molecule has 25 heavy (non-hydrogen) atoms. The van der Waals surface area contributed by atoms with Crippen molar-refractivity contribution in [3.05, 3.63) is 76.0 Å². The van der Waals surface area contributed by atoms with Gasteiger partial charge in [-0.15, -0.1) is 0 Å². The number of H-pyrrole nitrogens is 1. The molecule has 2 N–H and O–H groups in total. The number of aromatic amines is 1. The molecule has 1 aromatic carbocycles. The SMILES string of the molecule is O=c1[nH]c(-c2ccncc2)nc2c1CN(Cc1ccc(O)cc1)CC2. The van der Waals surface area contributed by atoms with E-state index in [1.165, 1.54) is 0 Å². The minimum atomic E-state index is -0.0766. The second-order valence-corrected chi connectivity index (χ2v) is 6.20. The van der Waals surface area contributed by atoms with Crippen LogP contribution in [0.3, 0.4) is 0 Å². The van der Waals surface area contributed by atoms with Gasteiger partial charge in [-0.05, 0) is 29.8 Å². The van der Waals surface area contributed by atoms with E-state index in [0.29, 0.717) is 12.4 Å². The molecule has 0 saturated heterocycles. The molecular weight excluding hydrogens is 316 g/mol. The summed E-state index contributed by atoms with van der Waals surface area (Å²) in [6.07, 6.45) is 4.12. The first-order valence-corrected chi connectivity index (χ1v) is 8.22. The largest absolute Gasteiger partial charge is 0.508 e. The minimum Gasteiger partial charge on any atom is -0.508 e. The van der Waals surface area contributed by atoms with Gasteiger partial charge in [0, 0.05) is 44.0 Å². The van der Waals surface area contributed by atoms with Gasteiger partial charge in [-0.1, -0.05) is 12.1 Å². The fourth-order valence-electron chi connectivity index (χ4n) is 3.12. The summed E-state index contributed by atoms with van der Waals surface area (Å²) in [5.41, 5.74) is 3.51. The number of hydrogen-bond donors (Lipinski definition) is 2. The number of phenols is 1. The summed E-state index contributed by atoms with van der Waals surface area (Å²) in [7, 11) is 0. The van der Waals surface area contributed by atoms with Crippen LogP contribution in [0.2, 0.25) is 0 Å². The van der Waals surface area contributed by atoms with Crippen molar-refractivity contribution in [3.63, 3.8) is 0 Å². The van der Waals surface area contributed by atoms with Crippen LogP contribution in [0.25, 0.3) is 11.4 Å². The predicted molar refractivity (Wildman–Crippen MR) is 94.0 cm³/mol. The van der Waals surface area contributed by atoms with Crippen LogP contribution >= 0.6 is 0 Å². The van der Waals surface area contributed by atoms with Crippen LogP contribution in [0.4, 0.5) is 0 Å². The highest BCUT2D eigenvalue weighted by molar-refractivity contribution is 5.54. The summed E-state index contributed by atoms with van der Waals surface area (Å²) < 4.78 is 0. The minimum absolute atomic E-state index is 0.0766. The molecule has 0 saturated carbocycles. The van der Waals surface area contributed by atoms with E-state index in [-0.39, 0.29) is 11.3 Å². The highest BCUT2D eigenvalue weighted by Gasteiger charge is 2.21. The molecule has 0 radical (unpaired) electrons. The van der Waals surface area contributed by atoms with Gasteiger partial charge in [-0.25, -0.2) is 4.98 Å². The van der Waals surface area contributed by atoms with Crippen molar-refractivity contribution >= 4 is 0 Å². The van der Waals surface area contributed by atoms with Gasteiger partial charge in [0.25, 0.3) is 5.56 Å². The first-order chi connectivity index (χ1) is 12.2. The standard InChI is InChI=1S/C19H18N4O2/c24-15-3-1-13(2-4-15)11-23-10-7-17-16(12-23)19(25)22-18(21-17)14-5-8-20-9-6-14/h1-6,8-9,24H,7,10-12H2,(H,21,22,25). The molecule has 0 bridgehead atoms. The van der Waals surface area contributed by atoms with Crippen molar-refractivity contribution in [3.8, 4) is 17.1 Å². The Morgan fingerprint density at radius 3 is 2.64 bits per heavy atom. The molecule has 0 unspecified atom stereocenters. The van der Waals surface area contributed by atoms with Gasteiger partial charge >= 0.3 is 0 Å². The van der Waals surface area contributed by atoms with Crippen molar-refractivity contribution < 1.29 is 5.11 Å². The maximum atomic E-state index is 12.5. The molecule has 3 heterocycles. The highest BCUT2D eigenvalue weighted by atomic mass is 16.3. The van der Waals surface area contributed by atoms with Gasteiger partial charge in [0.1, 0.15) is 11.6 Å². The normalized spacial score (nSPS) is 14.2. The fourth-order valence-corrected chi connectivity index (χ4v) is 3.12. The number of rotatable bonds is 3. The quantitative estimate of drug-likeness (QED) is 0.766. The van der Waals surface area contributed by atoms with E-state index >= 15 is 0 Å². The zero-order valence-electron chi connectivity index (χ0n) is 13.6. The number of hydrogen-bond acceptors (Lipinski definition) is 5. The number of pyridine rings is 1. The van der Waals surface area contributed by atoms with Crippen LogP contribution in [0.5, 0.6) is 5.75 Å². The summed E-state index contributed by atoms with van der Waals surface area (Å²) in [6, 6.07) is 10.8. The number of aromatic nitrogens is 3. The van der Waals surface area contributed by atoms with E-state index < -0.39 is 0 Å². The van der Waals surface area contributed by atoms with Crippen molar-refractivity contribution in [2.24, 2.45) is 0 Å². The summed E-state index contributed by atoms with van der Waals surface area (Å²) in [5, 5.41) is 9.38. The third kappa shape index (κ3) is 3.29. The Morgan fingerprint density at radius 2 is 1.88 bits per heavy atom. The predicted octanol–water partition coefficient (Wildman–Crippen LogP) is 2.10. The number of nitrogens with one attached hydrogen (secondary N) is 1. The molecule has 0 aliphatic carbocycles. The van der Waals surface area contributed by atoms with E-state index in [4.69, 9.17) is 0 Å². The summed E-state index contributed by atoms with van der Waals surface area (Å²) in [4.78, 5) is 26.3. The lowest BCUT2D eigenvalue weighted by Gasteiger charge is -2.27. The van der Waals surface area contributed by atoms with Crippen LogP contribution in [0.15, 0.2) is 53.6 Å². The fraction of sp³-hybridized carbons (Fsp3) is 0.211. The van der Waals surface area contributed by atoms with Crippen molar-refractivity contribution in [2.45, 2.75) is 19.5 Å². The lowest BCUT2D eigenvalue weighted by atomic mass is 10.1. The van der Waals surface area contributed by atoms with E-state index in [9.17, 15) is 9.90 Å². The molecular formula is C19H18N4O2. The number of fused-ring (bicyclic) bond motifs is 1. The van der Waals surface area contributed by atoms with Gasteiger partial charge in [-0.2, -0.15) is 0 Å². The van der Waals surface area contributed by atoms with E-state index in [2.05, 4.69) is 19.9 Å². The van der Waals surface area contributed by atoms with Gasteiger partial charge in [0.2, 0.25) is 0 Å². The summed E-state index contributed by atoms with van der Waals surface area (Å²) in [5.74, 6) is 0.857. The third-order valence-electron chi connectivity index (χ3n) is 4.44. The third-order valence-corrected chi connectivity index (χ3v) is 4.44. The molecule has 1 aliphatic heterocycles. The number of phenolic OH excluding ortho intramolecular Hbond substituents is 1. The molecule has 6 nitrogen and oxygen atoms in total. The van der Waals surface area contributed by atoms with Crippen LogP contribution in [-0.2, 0) is 19.5 Å². The van der Waals surface area contributed by atoms with Crippen LogP contribution in [0, 0.1) is 0 Å². The number of nitrogens with zero attached hydrogens (tertiary/aromatic N) is 3. The topological polar surface area (TPSA) is 82.1 Å². The van der Waals surface area contributed by atoms with Crippen LogP contribution < -0.4 is 5.56 Å². The van der Waals surface area contributed by atoms with E-state index in [0.717, 1.165) is 41.9 Å². The van der Waals surface area contributed by atoms with E-state index in [1.54, 1.807) is 24.5 Å². The molecule has 126 valence electrons. The highest BCUT2D eigenvalue weighted by Crippen LogP contribution is 2.20. The zero-order valence-corrected chi connectivity index (χ0v) is 13.6. The number of benzene rings is 1. The molecule has 2 aromatic heterocycles. The molecule has 0 amide bonds. The van der Waals surface area contributed by atoms with E-state index in [1.807, 2.05) is 24.3 Å². The Hall–Kier alpha value is -2.99. The van der Waals surface area contributed by atoms with Gasteiger partial charge in [0.05, 0.1) is 11.3 Å². The van der Waals surface area contributed by atoms with Crippen molar-refractivity contribution in [1.29, 1.82) is 0 Å². The Balaban J connectivity index is 1.57. The van der Waals surface area contributed by atoms with Crippen molar-refractivity contribution in [2.75, 3.05) is 6.54 Å². The average molecular weight is 334 g/mol. The maximum absolute atomic E-state index is 12.5. The maximum Gasteiger partial charge on any atom is 0.255 e. The Labute approximate surface area is 144 Å². The molecule has 6 heteroatoms. The van der Waals surface area contributed by atoms with Gasteiger partial charge in [0.15, 0.2) is 0 Å².